The summed E-state index contributed by atoms with van der Waals surface area (Å²) in [5.41, 5.74) is 10.6. The Hall–Kier alpha value is -1.09. The molecule has 1 fully saturated rings. The van der Waals surface area contributed by atoms with E-state index in [0.29, 0.717) is 0 Å². The summed E-state index contributed by atoms with van der Waals surface area (Å²) in [5.74, 6) is 0. The van der Waals surface area contributed by atoms with Crippen molar-refractivity contribution < 1.29 is 0 Å². The Labute approximate surface area is 113 Å². The SMILES string of the molecule is Nc1cc(Cl)c(N2CCCCC2)c2c1CCCN2. The molecule has 18 heavy (non-hydrogen) atoms. The van der Waals surface area contributed by atoms with Crippen LogP contribution in [0.3, 0.4) is 0 Å². The third-order valence-electron chi connectivity index (χ3n) is 3.97. The maximum Gasteiger partial charge on any atom is 0.0795 e. The van der Waals surface area contributed by atoms with Crippen LogP contribution in [0.15, 0.2) is 6.07 Å². The van der Waals surface area contributed by atoms with Crippen molar-refractivity contribution in [2.75, 3.05) is 35.6 Å². The normalized spacial score (nSPS) is 19.3. The van der Waals surface area contributed by atoms with Crippen LogP contribution >= 0.6 is 11.6 Å². The quantitative estimate of drug-likeness (QED) is 0.766. The van der Waals surface area contributed by atoms with Gasteiger partial charge in [-0.2, -0.15) is 0 Å². The monoisotopic (exact) mass is 265 g/mol. The second-order valence-corrected chi connectivity index (χ2v) is 5.64. The highest BCUT2D eigenvalue weighted by Gasteiger charge is 2.23. The van der Waals surface area contributed by atoms with Gasteiger partial charge in [-0.3, -0.25) is 0 Å². The van der Waals surface area contributed by atoms with Gasteiger partial charge in [0.05, 0.1) is 16.4 Å². The largest absolute Gasteiger partial charge is 0.398 e. The molecule has 2 heterocycles. The van der Waals surface area contributed by atoms with Crippen LogP contribution in [-0.4, -0.2) is 19.6 Å². The van der Waals surface area contributed by atoms with Crippen LogP contribution in [0.2, 0.25) is 5.02 Å². The van der Waals surface area contributed by atoms with Crippen LogP contribution in [0.1, 0.15) is 31.2 Å². The van der Waals surface area contributed by atoms with E-state index in [2.05, 4.69) is 10.2 Å². The van der Waals surface area contributed by atoms with Gasteiger partial charge in [0.25, 0.3) is 0 Å². The van der Waals surface area contributed by atoms with E-state index in [1.165, 1.54) is 36.2 Å². The predicted molar refractivity (Wildman–Crippen MR) is 78.7 cm³/mol. The third kappa shape index (κ3) is 2.01. The average molecular weight is 266 g/mol. The number of hydrogen-bond donors (Lipinski definition) is 2. The molecule has 3 rings (SSSR count). The summed E-state index contributed by atoms with van der Waals surface area (Å²) in [6.45, 7) is 3.24. The van der Waals surface area contributed by atoms with Crippen molar-refractivity contribution in [1.82, 2.24) is 0 Å². The smallest absolute Gasteiger partial charge is 0.0795 e. The molecule has 0 radical (unpaired) electrons. The summed E-state index contributed by atoms with van der Waals surface area (Å²) in [6, 6.07) is 1.93. The van der Waals surface area contributed by atoms with E-state index in [4.69, 9.17) is 17.3 Å². The topological polar surface area (TPSA) is 41.3 Å². The highest BCUT2D eigenvalue weighted by atomic mass is 35.5. The maximum atomic E-state index is 6.44. The maximum absolute atomic E-state index is 6.44. The van der Waals surface area contributed by atoms with Crippen LogP contribution in [-0.2, 0) is 6.42 Å². The molecule has 0 bridgehead atoms. The van der Waals surface area contributed by atoms with Gasteiger partial charge in [-0.05, 0) is 38.2 Å². The minimum absolute atomic E-state index is 0.794. The first-order valence-corrected chi connectivity index (χ1v) is 7.25. The molecule has 1 saturated heterocycles. The van der Waals surface area contributed by atoms with Crippen molar-refractivity contribution in [1.29, 1.82) is 0 Å². The minimum atomic E-state index is 0.794. The molecule has 3 nitrogen and oxygen atoms in total. The second-order valence-electron chi connectivity index (χ2n) is 5.23. The Morgan fingerprint density at radius 3 is 2.72 bits per heavy atom. The second kappa shape index (κ2) is 4.88. The fourth-order valence-electron chi connectivity index (χ4n) is 3.06. The fraction of sp³-hybridized carbons (Fsp3) is 0.571. The van der Waals surface area contributed by atoms with Crippen molar-refractivity contribution in [2.24, 2.45) is 0 Å². The van der Waals surface area contributed by atoms with Crippen LogP contribution in [0.4, 0.5) is 17.1 Å². The Morgan fingerprint density at radius 1 is 1.17 bits per heavy atom. The third-order valence-corrected chi connectivity index (χ3v) is 4.26. The van der Waals surface area contributed by atoms with Gasteiger partial charge in [-0.25, -0.2) is 0 Å². The van der Waals surface area contributed by atoms with Crippen LogP contribution in [0, 0.1) is 0 Å². The Balaban J connectivity index is 2.06. The molecule has 4 heteroatoms. The van der Waals surface area contributed by atoms with Crippen LogP contribution in [0.25, 0.3) is 0 Å². The molecule has 0 unspecified atom stereocenters. The lowest BCUT2D eigenvalue weighted by Crippen LogP contribution is -2.31. The zero-order chi connectivity index (χ0) is 12.5. The number of piperidine rings is 1. The van der Waals surface area contributed by atoms with E-state index in [-0.39, 0.29) is 0 Å². The molecule has 2 aliphatic rings. The minimum Gasteiger partial charge on any atom is -0.398 e. The van der Waals surface area contributed by atoms with Gasteiger partial charge >= 0.3 is 0 Å². The van der Waals surface area contributed by atoms with E-state index in [1.54, 1.807) is 0 Å². The number of nitrogens with one attached hydrogen (secondary N) is 1. The number of rotatable bonds is 1. The summed E-state index contributed by atoms with van der Waals surface area (Å²) in [7, 11) is 0. The first-order chi connectivity index (χ1) is 8.77. The summed E-state index contributed by atoms with van der Waals surface area (Å²) < 4.78 is 0. The van der Waals surface area contributed by atoms with Gasteiger partial charge < -0.3 is 16.0 Å². The molecular formula is C14H20ClN3. The molecule has 0 amide bonds. The molecule has 0 spiro atoms. The number of fused-ring (bicyclic) bond motifs is 1. The summed E-state index contributed by atoms with van der Waals surface area (Å²) in [6.07, 6.45) is 6.06. The molecule has 3 N–H and O–H groups in total. The predicted octanol–water partition coefficient (Wildman–Crippen LogP) is 3.27. The fourth-order valence-corrected chi connectivity index (χ4v) is 3.40. The molecule has 1 aromatic carbocycles. The molecular weight excluding hydrogens is 246 g/mol. The van der Waals surface area contributed by atoms with Crippen molar-refractivity contribution in [3.63, 3.8) is 0 Å². The number of nitrogens with two attached hydrogens (primary N) is 1. The van der Waals surface area contributed by atoms with Gasteiger partial charge in [0.1, 0.15) is 0 Å². The molecule has 2 aliphatic heterocycles. The van der Waals surface area contributed by atoms with E-state index in [1.807, 2.05) is 6.07 Å². The van der Waals surface area contributed by atoms with Gasteiger partial charge in [0, 0.05) is 30.9 Å². The number of hydrogen-bond acceptors (Lipinski definition) is 3. The Kier molecular flexibility index (Phi) is 3.25. The highest BCUT2D eigenvalue weighted by Crippen LogP contribution is 2.43. The van der Waals surface area contributed by atoms with Crippen molar-refractivity contribution in [2.45, 2.75) is 32.1 Å². The highest BCUT2D eigenvalue weighted by molar-refractivity contribution is 6.34. The summed E-state index contributed by atoms with van der Waals surface area (Å²) in [4.78, 5) is 2.42. The van der Waals surface area contributed by atoms with Crippen molar-refractivity contribution in [3.8, 4) is 0 Å². The summed E-state index contributed by atoms with van der Waals surface area (Å²) in [5, 5.41) is 4.30. The number of nitrogens with zero attached hydrogens (tertiary/aromatic N) is 1. The van der Waals surface area contributed by atoms with E-state index in [0.717, 1.165) is 43.2 Å². The zero-order valence-electron chi connectivity index (χ0n) is 10.6. The average Bonchev–Trinajstić information content (AvgIpc) is 2.40. The lowest BCUT2D eigenvalue weighted by atomic mass is 9.98. The Morgan fingerprint density at radius 2 is 1.94 bits per heavy atom. The molecule has 0 aromatic heterocycles. The zero-order valence-corrected chi connectivity index (χ0v) is 11.4. The lowest BCUT2D eigenvalue weighted by molar-refractivity contribution is 0.578. The van der Waals surface area contributed by atoms with Crippen molar-refractivity contribution >= 4 is 28.7 Å². The van der Waals surface area contributed by atoms with Gasteiger partial charge in [0.2, 0.25) is 0 Å². The molecule has 98 valence electrons. The van der Waals surface area contributed by atoms with E-state index in [9.17, 15) is 0 Å². The molecule has 1 aromatic rings. The standard InChI is InChI=1S/C14H20ClN3/c15-11-9-12(16)10-5-4-6-17-13(10)14(11)18-7-2-1-3-8-18/h9,17H,1-8,16H2. The van der Waals surface area contributed by atoms with Gasteiger partial charge in [-0.1, -0.05) is 11.6 Å². The first kappa shape index (κ1) is 12.0. The number of halogens is 1. The molecule has 0 saturated carbocycles. The Bertz CT molecular complexity index is 453. The number of anilines is 3. The first-order valence-electron chi connectivity index (χ1n) is 6.87. The number of benzene rings is 1. The number of nitrogen functional groups attached to an aromatic ring is 1. The lowest BCUT2D eigenvalue weighted by Gasteiger charge is -2.34. The van der Waals surface area contributed by atoms with E-state index >= 15 is 0 Å². The van der Waals surface area contributed by atoms with Crippen LogP contribution < -0.4 is 16.0 Å². The molecule has 0 aliphatic carbocycles. The van der Waals surface area contributed by atoms with Gasteiger partial charge in [0.15, 0.2) is 0 Å². The summed E-state index contributed by atoms with van der Waals surface area (Å²) >= 11 is 6.44. The van der Waals surface area contributed by atoms with Crippen LogP contribution in [0.5, 0.6) is 0 Å². The van der Waals surface area contributed by atoms with Crippen molar-refractivity contribution in [3.05, 3.63) is 16.7 Å². The van der Waals surface area contributed by atoms with Gasteiger partial charge in [-0.15, -0.1) is 0 Å². The van der Waals surface area contributed by atoms with E-state index < -0.39 is 0 Å². The molecule has 0 atom stereocenters.